The van der Waals surface area contributed by atoms with E-state index >= 15 is 8.78 Å². The van der Waals surface area contributed by atoms with E-state index in [4.69, 9.17) is 19.4 Å². The van der Waals surface area contributed by atoms with E-state index in [9.17, 15) is 14.4 Å². The topological polar surface area (TPSA) is 154 Å². The molecule has 0 radical (unpaired) electrons. The fraction of sp³-hybridized carbons (Fsp3) is 0.389. The maximum absolute atomic E-state index is 15.4. The molecule has 10 rings (SSSR count). The maximum atomic E-state index is 15.4. The second-order valence-electron chi connectivity index (χ2n) is 19.2. The summed E-state index contributed by atoms with van der Waals surface area (Å²) in [6.07, 6.45) is 0.166. The van der Waals surface area contributed by atoms with Gasteiger partial charge in [-0.25, -0.2) is 23.5 Å². The molecule has 3 aromatic carbocycles. The van der Waals surface area contributed by atoms with Crippen LogP contribution in [-0.2, 0) is 14.3 Å². The van der Waals surface area contributed by atoms with Crippen LogP contribution in [0.4, 0.5) is 13.6 Å². The number of aromatic amines is 2. The van der Waals surface area contributed by atoms with Crippen LogP contribution in [0.2, 0.25) is 0 Å². The number of aryl methyl sites for hydroxylation is 2. The van der Waals surface area contributed by atoms with Crippen molar-refractivity contribution in [1.82, 2.24) is 44.5 Å². The molecule has 3 aliphatic rings. The monoisotopic (exact) mass is 983 g/mol. The van der Waals surface area contributed by atoms with E-state index in [-0.39, 0.29) is 37.8 Å². The fourth-order valence-electron chi connectivity index (χ4n) is 10.6. The minimum absolute atomic E-state index is 0.00467. The molecule has 0 aliphatic carbocycles. The van der Waals surface area contributed by atoms with Gasteiger partial charge in [-0.15, -0.1) is 11.3 Å². The molecule has 7 atom stereocenters. The van der Waals surface area contributed by atoms with Crippen LogP contribution in [0.5, 0.6) is 5.75 Å². The first-order valence-corrected chi connectivity index (χ1v) is 25.2. The molecular weight excluding hydrogens is 925 g/mol. The van der Waals surface area contributed by atoms with Crippen molar-refractivity contribution in [2.24, 2.45) is 5.92 Å². The highest BCUT2D eigenvalue weighted by molar-refractivity contribution is 7.12. The lowest BCUT2D eigenvalue weighted by Gasteiger charge is -2.34. The summed E-state index contributed by atoms with van der Waals surface area (Å²) < 4.78 is 44.5. The molecule has 7 aromatic rings. The smallest absolute Gasteiger partial charge is 0.407 e. The molecule has 4 aromatic heterocycles. The molecule has 2 fully saturated rings. The zero-order chi connectivity index (χ0) is 49.8. The normalized spacial score (nSPS) is 20.6. The quantitative estimate of drug-likeness (QED) is 0.103. The minimum Gasteiger partial charge on any atom is -0.464 e. The molecule has 3 aliphatic heterocycles. The van der Waals surface area contributed by atoms with Crippen LogP contribution in [-0.4, -0.2) is 109 Å². The molecule has 14 nitrogen and oxygen atoms in total. The Bertz CT molecular complexity index is 3090. The Kier molecular flexibility index (Phi) is 13.1. The summed E-state index contributed by atoms with van der Waals surface area (Å²) in [5.41, 5.74) is 7.82. The molecule has 7 heterocycles. The van der Waals surface area contributed by atoms with E-state index in [0.29, 0.717) is 41.9 Å². The van der Waals surface area contributed by atoms with Crippen LogP contribution < -0.4 is 10.1 Å². The Morgan fingerprint density at radius 3 is 2.06 bits per heavy atom. The Balaban J connectivity index is 0.955. The summed E-state index contributed by atoms with van der Waals surface area (Å²) in [7, 11) is 1.23. The van der Waals surface area contributed by atoms with Crippen LogP contribution >= 0.6 is 11.3 Å². The lowest BCUT2D eigenvalue weighted by molar-refractivity contribution is -0.138. The first-order chi connectivity index (χ1) is 34.2. The van der Waals surface area contributed by atoms with E-state index in [2.05, 4.69) is 62.9 Å². The maximum Gasteiger partial charge on any atom is 0.407 e. The highest BCUT2D eigenvalue weighted by Crippen LogP contribution is 2.48. The second kappa shape index (κ2) is 19.4. The molecule has 3 N–H and O–H groups in total. The summed E-state index contributed by atoms with van der Waals surface area (Å²) in [5, 5.41) is 3.59. The third-order valence-corrected chi connectivity index (χ3v) is 15.6. The van der Waals surface area contributed by atoms with Gasteiger partial charge in [-0.2, -0.15) is 0 Å². The van der Waals surface area contributed by atoms with Gasteiger partial charge < -0.3 is 34.6 Å². The van der Waals surface area contributed by atoms with Gasteiger partial charge in [0, 0.05) is 52.2 Å². The van der Waals surface area contributed by atoms with Gasteiger partial charge in [-0.05, 0) is 80.4 Å². The standard InChI is InChI=1S/C54H59F2N9O5S/c1-8-62(9-2)48(32-13-11-10-12-14-32)52(67)64-28-37(56)24-44(64)50-57-25-39(59-50)33-16-18-41-35(20-33)21-42-38-17-15-34(22-45(38)70-53(65(41)42)46-19-30(5)31(6)71-46)40-26-58-49(60-40)43-23-36(55)27-63(43)51(66)47(29(3)4)61-54(68)69-7/h10-22,25-26,29,36-37,43-44,47-48,53H,8-9,23-24,27-28H2,1-7H3,(H,57,59)(H,58,60)(H,61,68)/t36-,37-,43+,44+,47+,48-,53?/m1/s1. The van der Waals surface area contributed by atoms with E-state index in [1.165, 1.54) is 22.5 Å². The molecule has 17 heteroatoms. The number of hydrogen-bond acceptors (Lipinski definition) is 9. The Morgan fingerprint density at radius 1 is 0.845 bits per heavy atom. The summed E-state index contributed by atoms with van der Waals surface area (Å²) in [6.45, 7) is 13.1. The molecule has 370 valence electrons. The molecular formula is C54H59F2N9O5S. The number of fused-ring (bicyclic) bond motifs is 5. The molecule has 0 spiro atoms. The Morgan fingerprint density at radius 2 is 1.46 bits per heavy atom. The number of alkyl halides is 2. The van der Waals surface area contributed by atoms with Crippen molar-refractivity contribution in [2.75, 3.05) is 33.3 Å². The predicted octanol–water partition coefficient (Wildman–Crippen LogP) is 10.4. The number of nitrogens with zero attached hydrogens (tertiary/aromatic N) is 6. The highest BCUT2D eigenvalue weighted by atomic mass is 32.1. The van der Waals surface area contributed by atoms with Crippen molar-refractivity contribution in [3.05, 3.63) is 124 Å². The molecule has 3 amide bonds. The van der Waals surface area contributed by atoms with E-state index in [1.54, 1.807) is 22.4 Å². The number of aromatic nitrogens is 5. The number of halogens is 2. The lowest BCUT2D eigenvalue weighted by atomic mass is 10.0. The van der Waals surface area contributed by atoms with Crippen molar-refractivity contribution in [2.45, 2.75) is 97.1 Å². The Labute approximate surface area is 415 Å². The van der Waals surface area contributed by atoms with E-state index in [0.717, 1.165) is 43.7 Å². The largest absolute Gasteiger partial charge is 0.464 e. The van der Waals surface area contributed by atoms with Gasteiger partial charge in [0.25, 0.3) is 0 Å². The molecule has 0 saturated carbocycles. The number of hydrogen-bond donors (Lipinski definition) is 3. The van der Waals surface area contributed by atoms with Crippen molar-refractivity contribution in [3.8, 4) is 39.5 Å². The number of alkyl carbamates (subject to hydrolysis) is 1. The van der Waals surface area contributed by atoms with Gasteiger partial charge in [0.1, 0.15) is 41.8 Å². The number of likely N-dealkylation sites (N-methyl/N-ethyl adjacent to an activating group) is 1. The molecule has 71 heavy (non-hydrogen) atoms. The number of ether oxygens (including phenoxy) is 2. The van der Waals surface area contributed by atoms with Gasteiger partial charge in [-0.3, -0.25) is 19.1 Å². The zero-order valence-corrected chi connectivity index (χ0v) is 41.7. The lowest BCUT2D eigenvalue weighted by Crippen LogP contribution is -2.51. The van der Waals surface area contributed by atoms with Crippen molar-refractivity contribution < 1.29 is 32.6 Å². The highest BCUT2D eigenvalue weighted by Gasteiger charge is 2.44. The zero-order valence-electron chi connectivity index (χ0n) is 40.9. The number of thiophene rings is 1. The summed E-state index contributed by atoms with van der Waals surface area (Å²) in [4.78, 5) is 64.4. The predicted molar refractivity (Wildman–Crippen MR) is 269 cm³/mol. The number of amides is 3. The number of benzene rings is 3. The number of carbonyl (C=O) groups is 3. The third-order valence-electron chi connectivity index (χ3n) is 14.4. The van der Waals surface area contributed by atoms with Gasteiger partial charge >= 0.3 is 6.09 Å². The third kappa shape index (κ3) is 8.87. The van der Waals surface area contributed by atoms with Gasteiger partial charge in [0.05, 0.1) is 59.8 Å². The number of likely N-dealkylation sites (tertiary alicyclic amines) is 2. The summed E-state index contributed by atoms with van der Waals surface area (Å²) in [6, 6.07) is 23.6. The number of imidazole rings is 2. The van der Waals surface area contributed by atoms with Crippen molar-refractivity contribution >= 4 is 40.1 Å². The Hall–Kier alpha value is -6.85. The molecule has 1 unspecified atom stereocenters. The van der Waals surface area contributed by atoms with Crippen molar-refractivity contribution in [3.63, 3.8) is 0 Å². The van der Waals surface area contributed by atoms with Crippen LogP contribution in [0.1, 0.15) is 97.4 Å². The second-order valence-corrected chi connectivity index (χ2v) is 20.4. The number of methoxy groups -OCH3 is 1. The first kappa shape index (κ1) is 47.8. The van der Waals surface area contributed by atoms with Crippen molar-refractivity contribution in [1.29, 1.82) is 0 Å². The van der Waals surface area contributed by atoms with Crippen LogP contribution in [0, 0.1) is 19.8 Å². The van der Waals surface area contributed by atoms with Crippen LogP contribution in [0.3, 0.4) is 0 Å². The number of H-pyrrole nitrogens is 2. The number of nitrogens with one attached hydrogen (secondary N) is 3. The summed E-state index contributed by atoms with van der Waals surface area (Å²) >= 11 is 1.69. The van der Waals surface area contributed by atoms with Crippen LogP contribution in [0.15, 0.2) is 91.3 Å². The van der Waals surface area contributed by atoms with Gasteiger partial charge in [0.15, 0.2) is 0 Å². The molecule has 2 saturated heterocycles. The fourth-order valence-corrected chi connectivity index (χ4v) is 11.6. The average Bonchev–Trinajstić information content (AvgIpc) is 4.25. The number of carbonyl (C=O) groups excluding carboxylic acids is 3. The first-order valence-electron chi connectivity index (χ1n) is 24.4. The van der Waals surface area contributed by atoms with Gasteiger partial charge in [0.2, 0.25) is 18.0 Å². The van der Waals surface area contributed by atoms with Crippen LogP contribution in [0.25, 0.3) is 44.7 Å². The van der Waals surface area contributed by atoms with E-state index < -0.39 is 54.7 Å². The molecule has 0 bridgehead atoms. The number of rotatable bonds is 13. The minimum atomic E-state index is -1.26. The summed E-state index contributed by atoms with van der Waals surface area (Å²) in [5.74, 6) is 0.863. The SMILES string of the molecule is CCN(CC)[C@@H](C(=O)N1C[C@H](F)C[C@H]1c1nc(-c2ccc3c(c2)cc2n3C(c3cc(C)c(C)s3)Oc3cc(-c4c[nH]c([C@@H]5C[C@@H](F)CN5C(=O)[C@@H](NC(=O)OC)C(C)C)n4)ccc3-2)c[nH]1)c1ccccc1. The van der Waals surface area contributed by atoms with E-state index in [1.807, 2.05) is 88.5 Å². The van der Waals surface area contributed by atoms with Gasteiger partial charge in [-0.1, -0.05) is 70.2 Å². The average molecular weight is 984 g/mol.